The summed E-state index contributed by atoms with van der Waals surface area (Å²) in [5.74, 6) is 0. The minimum absolute atomic E-state index is 1.11. The average Bonchev–Trinajstić information content (AvgIpc) is 3.17. The molecule has 0 aliphatic heterocycles. The number of hydrogen-bond acceptors (Lipinski definition) is 1. The van der Waals surface area contributed by atoms with Crippen LogP contribution in [0.4, 0.5) is 17.1 Å². The van der Waals surface area contributed by atoms with Gasteiger partial charge in [-0.15, -0.1) is 0 Å². The molecule has 0 radical (unpaired) electrons. The van der Waals surface area contributed by atoms with E-state index in [9.17, 15) is 0 Å². The molecule has 0 aliphatic carbocycles. The van der Waals surface area contributed by atoms with E-state index in [4.69, 9.17) is 0 Å². The summed E-state index contributed by atoms with van der Waals surface area (Å²) in [6, 6.07) is 63.3. The van der Waals surface area contributed by atoms with Crippen molar-refractivity contribution >= 4 is 40.4 Å². The van der Waals surface area contributed by atoms with Crippen LogP contribution >= 0.6 is 0 Å². The maximum atomic E-state index is 2.37. The van der Waals surface area contributed by atoms with E-state index in [1.54, 1.807) is 0 Å². The SMILES string of the molecule is Cc1ccc(N(c2ccc(C=C(c3ccccc3)c3ccccc3)cc2)c2ccc(/C=C(/c3ccccc3)c3ccc(C)c(C)c3)cc2)c(C)c1. The lowest BCUT2D eigenvalue weighted by Gasteiger charge is -2.27. The summed E-state index contributed by atoms with van der Waals surface area (Å²) >= 11 is 0. The van der Waals surface area contributed by atoms with Crippen molar-refractivity contribution in [2.45, 2.75) is 27.7 Å². The summed E-state index contributed by atoms with van der Waals surface area (Å²) in [5, 5.41) is 0. The normalized spacial score (nSPS) is 11.3. The molecule has 0 N–H and O–H groups in total. The molecule has 0 aromatic heterocycles. The van der Waals surface area contributed by atoms with Crippen LogP contribution in [0.25, 0.3) is 23.3 Å². The summed E-state index contributed by atoms with van der Waals surface area (Å²) in [6.07, 6.45) is 4.60. The zero-order valence-electron chi connectivity index (χ0n) is 29.8. The Bertz CT molecular complexity index is 2250. The third kappa shape index (κ3) is 7.69. The molecule has 1 heteroatoms. The summed E-state index contributed by atoms with van der Waals surface area (Å²) in [4.78, 5) is 2.37. The summed E-state index contributed by atoms with van der Waals surface area (Å²) in [7, 11) is 0. The molecule has 7 aromatic rings. The van der Waals surface area contributed by atoms with Gasteiger partial charge in [-0.3, -0.25) is 0 Å². The van der Waals surface area contributed by atoms with Gasteiger partial charge in [0.25, 0.3) is 0 Å². The van der Waals surface area contributed by atoms with Gasteiger partial charge in [0.15, 0.2) is 0 Å². The highest BCUT2D eigenvalue weighted by molar-refractivity contribution is 5.93. The Balaban J connectivity index is 1.27. The fraction of sp³-hybridized carbons (Fsp3) is 0.0800. The fourth-order valence-electron chi connectivity index (χ4n) is 6.68. The third-order valence-electron chi connectivity index (χ3n) is 9.59. The molecule has 0 fully saturated rings. The van der Waals surface area contributed by atoms with Crippen molar-refractivity contribution in [3.8, 4) is 0 Å². The lowest BCUT2D eigenvalue weighted by molar-refractivity contribution is 1.24. The van der Waals surface area contributed by atoms with Gasteiger partial charge >= 0.3 is 0 Å². The number of benzene rings is 7. The van der Waals surface area contributed by atoms with Crippen LogP contribution in [0.5, 0.6) is 0 Å². The molecule has 0 bridgehead atoms. The predicted molar refractivity (Wildman–Crippen MR) is 220 cm³/mol. The predicted octanol–water partition coefficient (Wildman–Crippen LogP) is 13.6. The van der Waals surface area contributed by atoms with Crippen molar-refractivity contribution in [2.75, 3.05) is 4.90 Å². The average molecular weight is 658 g/mol. The van der Waals surface area contributed by atoms with Crippen LogP contribution < -0.4 is 4.90 Å². The van der Waals surface area contributed by atoms with Crippen molar-refractivity contribution < 1.29 is 0 Å². The Morgan fingerprint density at radius 3 is 1.25 bits per heavy atom. The standard InChI is InChI=1S/C50H43N/c1-36-20-31-50(39(4)32-36)51(46-27-22-40(23-28-46)34-48(42-14-8-5-9-15-42)43-16-10-6-11-17-43)47-29-24-41(25-30-47)35-49(44-18-12-7-13-19-44)45-26-21-37(2)38(3)33-45/h5-35H,1-4H3/b49-35-. The van der Waals surface area contributed by atoms with Gasteiger partial charge in [-0.05, 0) is 131 Å². The van der Waals surface area contributed by atoms with E-state index in [-0.39, 0.29) is 0 Å². The first-order valence-electron chi connectivity index (χ1n) is 17.7. The molecule has 0 heterocycles. The highest BCUT2D eigenvalue weighted by Crippen LogP contribution is 2.38. The van der Waals surface area contributed by atoms with Crippen molar-refractivity contribution in [3.05, 3.63) is 232 Å². The Kier molecular flexibility index (Phi) is 9.90. The van der Waals surface area contributed by atoms with Gasteiger partial charge < -0.3 is 4.90 Å². The van der Waals surface area contributed by atoms with E-state index in [0.29, 0.717) is 0 Å². The molecule has 0 saturated carbocycles. The van der Waals surface area contributed by atoms with Crippen LogP contribution in [0.2, 0.25) is 0 Å². The molecule has 7 aromatic carbocycles. The molecule has 7 rings (SSSR count). The molecule has 51 heavy (non-hydrogen) atoms. The van der Waals surface area contributed by atoms with Gasteiger partial charge in [-0.25, -0.2) is 0 Å². The van der Waals surface area contributed by atoms with Crippen molar-refractivity contribution in [3.63, 3.8) is 0 Å². The summed E-state index contributed by atoms with van der Waals surface area (Å²) < 4.78 is 0. The zero-order valence-corrected chi connectivity index (χ0v) is 29.8. The van der Waals surface area contributed by atoms with E-state index >= 15 is 0 Å². The molecular weight excluding hydrogens is 615 g/mol. The van der Waals surface area contributed by atoms with Crippen LogP contribution in [-0.4, -0.2) is 0 Å². The molecule has 248 valence electrons. The highest BCUT2D eigenvalue weighted by atomic mass is 15.1. The van der Waals surface area contributed by atoms with Crippen molar-refractivity contribution in [1.82, 2.24) is 0 Å². The largest absolute Gasteiger partial charge is 0.310 e. The first kappa shape index (κ1) is 33.3. The van der Waals surface area contributed by atoms with Crippen LogP contribution in [0.3, 0.4) is 0 Å². The Hall–Kier alpha value is -6.18. The molecular formula is C50H43N. The van der Waals surface area contributed by atoms with Gasteiger partial charge in [-0.1, -0.05) is 151 Å². The first-order chi connectivity index (χ1) is 24.9. The van der Waals surface area contributed by atoms with Gasteiger partial charge in [0.1, 0.15) is 0 Å². The van der Waals surface area contributed by atoms with Gasteiger partial charge in [0.2, 0.25) is 0 Å². The van der Waals surface area contributed by atoms with Crippen LogP contribution in [0, 0.1) is 27.7 Å². The lowest BCUT2D eigenvalue weighted by atomic mass is 9.93. The van der Waals surface area contributed by atoms with Crippen molar-refractivity contribution in [2.24, 2.45) is 0 Å². The van der Waals surface area contributed by atoms with E-state index < -0.39 is 0 Å². The lowest BCUT2D eigenvalue weighted by Crippen LogP contribution is -2.11. The van der Waals surface area contributed by atoms with Gasteiger partial charge in [0, 0.05) is 17.1 Å². The second kappa shape index (κ2) is 15.2. The monoisotopic (exact) mass is 657 g/mol. The summed E-state index contributed by atoms with van der Waals surface area (Å²) in [5.41, 5.74) is 18.1. The number of hydrogen-bond donors (Lipinski definition) is 0. The van der Waals surface area contributed by atoms with Crippen LogP contribution in [-0.2, 0) is 0 Å². The fourth-order valence-corrected chi connectivity index (χ4v) is 6.68. The number of anilines is 3. The molecule has 0 spiro atoms. The maximum Gasteiger partial charge on any atom is 0.0490 e. The van der Waals surface area contributed by atoms with E-state index in [0.717, 1.165) is 22.5 Å². The molecule has 0 saturated heterocycles. The molecule has 0 amide bonds. The minimum Gasteiger partial charge on any atom is -0.310 e. The van der Waals surface area contributed by atoms with E-state index in [1.807, 2.05) is 0 Å². The van der Waals surface area contributed by atoms with Crippen molar-refractivity contribution in [1.29, 1.82) is 0 Å². The maximum absolute atomic E-state index is 2.37. The number of aryl methyl sites for hydroxylation is 4. The highest BCUT2D eigenvalue weighted by Gasteiger charge is 2.16. The molecule has 1 nitrogen and oxygen atoms in total. The minimum atomic E-state index is 1.11. The molecule has 0 aliphatic rings. The zero-order chi connectivity index (χ0) is 35.2. The number of rotatable bonds is 9. The second-order valence-electron chi connectivity index (χ2n) is 13.3. The van der Waals surface area contributed by atoms with Gasteiger partial charge in [-0.2, -0.15) is 0 Å². The second-order valence-corrected chi connectivity index (χ2v) is 13.3. The Morgan fingerprint density at radius 1 is 0.373 bits per heavy atom. The van der Waals surface area contributed by atoms with Crippen LogP contribution in [0.15, 0.2) is 176 Å². The first-order valence-corrected chi connectivity index (χ1v) is 17.7. The number of nitrogens with zero attached hydrogens (tertiary/aromatic N) is 1. The Morgan fingerprint density at radius 2 is 0.824 bits per heavy atom. The molecule has 0 atom stereocenters. The third-order valence-corrected chi connectivity index (χ3v) is 9.59. The summed E-state index contributed by atoms with van der Waals surface area (Å²) in [6.45, 7) is 8.71. The van der Waals surface area contributed by atoms with E-state index in [1.165, 1.54) is 61.3 Å². The smallest absolute Gasteiger partial charge is 0.0490 e. The molecule has 0 unspecified atom stereocenters. The quantitative estimate of drug-likeness (QED) is 0.140. The Labute approximate surface area is 303 Å². The topological polar surface area (TPSA) is 3.24 Å². The van der Waals surface area contributed by atoms with Gasteiger partial charge in [0.05, 0.1) is 0 Å². The van der Waals surface area contributed by atoms with Crippen LogP contribution in [0.1, 0.15) is 55.6 Å². The van der Waals surface area contributed by atoms with E-state index in [2.05, 4.69) is 221 Å².